The van der Waals surface area contributed by atoms with Gasteiger partial charge in [-0.15, -0.1) is 11.3 Å². The zero-order valence-electron chi connectivity index (χ0n) is 24.8. The fraction of sp³-hybridized carbons (Fsp3) is 0. The number of fused-ring (bicyclic) bond motifs is 12. The van der Waals surface area contributed by atoms with E-state index in [9.17, 15) is 0 Å². The lowest BCUT2D eigenvalue weighted by molar-refractivity contribution is 1.17. The summed E-state index contributed by atoms with van der Waals surface area (Å²) in [5.41, 5.74) is 7.71. The van der Waals surface area contributed by atoms with Gasteiger partial charge in [0.1, 0.15) is 0 Å². The van der Waals surface area contributed by atoms with Crippen LogP contribution in [0.4, 0.5) is 0 Å². The predicted molar refractivity (Wildman–Crippen MR) is 197 cm³/mol. The molecule has 0 unspecified atom stereocenters. The third-order valence-electron chi connectivity index (χ3n) is 9.34. The number of aromatic nitrogens is 2. The van der Waals surface area contributed by atoms with Gasteiger partial charge in [-0.3, -0.25) is 0 Å². The summed E-state index contributed by atoms with van der Waals surface area (Å²) in [6, 6.07) is 56.9. The normalized spacial score (nSPS) is 11.9. The molecule has 0 aliphatic rings. The molecule has 2 nitrogen and oxygen atoms in total. The van der Waals surface area contributed by atoms with Crippen molar-refractivity contribution in [3.63, 3.8) is 0 Å². The molecule has 0 aliphatic heterocycles. The summed E-state index contributed by atoms with van der Waals surface area (Å²) in [6.45, 7) is 0. The smallest absolute Gasteiger partial charge is 0.0730 e. The maximum absolute atomic E-state index is 5.24. The second-order valence-corrected chi connectivity index (χ2v) is 13.0. The molecule has 0 amide bonds. The molecule has 0 radical (unpaired) electrons. The number of thiophene rings is 1. The van der Waals surface area contributed by atoms with Crippen molar-refractivity contribution in [2.45, 2.75) is 0 Å². The Morgan fingerprint density at radius 3 is 1.70 bits per heavy atom. The van der Waals surface area contributed by atoms with Crippen LogP contribution in [-0.2, 0) is 0 Å². The Hall–Kier alpha value is -5.77. The van der Waals surface area contributed by atoms with Crippen LogP contribution >= 0.6 is 11.3 Å². The molecule has 214 valence electrons. The van der Waals surface area contributed by atoms with Gasteiger partial charge in [-0.1, -0.05) is 140 Å². The largest absolute Gasteiger partial charge is 0.307 e. The number of benzene rings is 7. The van der Waals surface area contributed by atoms with E-state index in [1.165, 1.54) is 63.5 Å². The van der Waals surface area contributed by atoms with Crippen molar-refractivity contribution >= 4 is 74.9 Å². The van der Waals surface area contributed by atoms with Gasteiger partial charge in [0.25, 0.3) is 0 Å². The molecule has 0 saturated heterocycles. The lowest BCUT2D eigenvalue weighted by Crippen LogP contribution is -1.99. The zero-order chi connectivity index (χ0) is 30.2. The second-order valence-electron chi connectivity index (χ2n) is 11.9. The number of nitrogens with zero attached hydrogens (tertiary/aromatic N) is 2. The third kappa shape index (κ3) is 3.67. The first-order valence-corrected chi connectivity index (χ1v) is 16.5. The van der Waals surface area contributed by atoms with Crippen LogP contribution in [0.15, 0.2) is 158 Å². The van der Waals surface area contributed by atoms with Gasteiger partial charge in [0, 0.05) is 42.8 Å². The quantitative estimate of drug-likeness (QED) is 0.197. The molecule has 0 bridgehead atoms. The fourth-order valence-corrected chi connectivity index (χ4v) is 8.61. The van der Waals surface area contributed by atoms with Crippen molar-refractivity contribution in [2.24, 2.45) is 0 Å². The van der Waals surface area contributed by atoms with E-state index in [1.54, 1.807) is 0 Å². The van der Waals surface area contributed by atoms with Gasteiger partial charge in [0.2, 0.25) is 0 Å². The van der Waals surface area contributed by atoms with E-state index >= 15 is 0 Å². The SMILES string of the molecule is c1ccc(-c2cc(-n3c4c5ccccc5ccc4c4c5ccccc5c5c6ccccc6sc5c43)cc(-c3ccccc3)n2)cc1. The minimum atomic E-state index is 0.959. The minimum absolute atomic E-state index is 0.959. The number of hydrogen-bond donors (Lipinski definition) is 0. The van der Waals surface area contributed by atoms with E-state index in [-0.39, 0.29) is 0 Å². The van der Waals surface area contributed by atoms with Crippen LogP contribution in [0.25, 0.3) is 91.7 Å². The molecule has 0 saturated carbocycles. The van der Waals surface area contributed by atoms with Gasteiger partial charge in [0.05, 0.1) is 32.8 Å². The van der Waals surface area contributed by atoms with Gasteiger partial charge in [-0.25, -0.2) is 4.98 Å². The maximum atomic E-state index is 5.24. The van der Waals surface area contributed by atoms with E-state index in [0.717, 1.165) is 28.2 Å². The maximum Gasteiger partial charge on any atom is 0.0730 e. The molecule has 0 N–H and O–H groups in total. The summed E-state index contributed by atoms with van der Waals surface area (Å²) < 4.78 is 5.16. The van der Waals surface area contributed by atoms with Gasteiger partial charge in [-0.05, 0) is 34.4 Å². The Kier molecular flexibility index (Phi) is 5.48. The van der Waals surface area contributed by atoms with Crippen LogP contribution in [-0.4, -0.2) is 9.55 Å². The highest BCUT2D eigenvalue weighted by Gasteiger charge is 2.23. The summed E-state index contributed by atoms with van der Waals surface area (Å²) in [7, 11) is 0. The molecule has 0 atom stereocenters. The minimum Gasteiger partial charge on any atom is -0.307 e. The number of pyridine rings is 1. The Balaban J connectivity index is 1.47. The Bertz CT molecular complexity index is 2730. The summed E-state index contributed by atoms with van der Waals surface area (Å²) >= 11 is 1.90. The number of hydrogen-bond acceptors (Lipinski definition) is 2. The average molecular weight is 603 g/mol. The van der Waals surface area contributed by atoms with E-state index in [1.807, 2.05) is 11.3 Å². The van der Waals surface area contributed by atoms with Crippen molar-refractivity contribution in [1.29, 1.82) is 0 Å². The van der Waals surface area contributed by atoms with Crippen molar-refractivity contribution in [2.75, 3.05) is 0 Å². The van der Waals surface area contributed by atoms with Crippen molar-refractivity contribution in [3.8, 4) is 28.2 Å². The molecule has 3 aromatic heterocycles. The average Bonchev–Trinajstić information content (AvgIpc) is 3.70. The first-order chi connectivity index (χ1) is 22.8. The third-order valence-corrected chi connectivity index (χ3v) is 10.5. The highest BCUT2D eigenvalue weighted by Crippen LogP contribution is 2.49. The second kappa shape index (κ2) is 9.87. The highest BCUT2D eigenvalue weighted by molar-refractivity contribution is 7.27. The van der Waals surface area contributed by atoms with Crippen LogP contribution in [0.3, 0.4) is 0 Å². The molecule has 3 heterocycles. The summed E-state index contributed by atoms with van der Waals surface area (Å²) in [5, 5.41) is 10.3. The van der Waals surface area contributed by atoms with Gasteiger partial charge in [0.15, 0.2) is 0 Å². The molecule has 10 aromatic rings. The predicted octanol–water partition coefficient (Wildman–Crippen LogP) is 12.2. The molecule has 0 fully saturated rings. The first kappa shape index (κ1) is 25.5. The summed E-state index contributed by atoms with van der Waals surface area (Å²) in [5.74, 6) is 0. The summed E-state index contributed by atoms with van der Waals surface area (Å²) in [4.78, 5) is 5.24. The van der Waals surface area contributed by atoms with E-state index in [0.29, 0.717) is 0 Å². The Labute approximate surface area is 269 Å². The summed E-state index contributed by atoms with van der Waals surface area (Å²) in [6.07, 6.45) is 0. The van der Waals surface area contributed by atoms with E-state index in [4.69, 9.17) is 4.98 Å². The standard InChI is InChI=1S/C43H26N2S/c1-3-14-28(15-4-1)36-25-30(26-37(44-36)29-16-5-2-6-17-29)45-41-31-18-8-7-13-27(31)23-24-35(41)39-32-19-9-10-20-33(32)40-34-21-11-12-22-38(34)46-43(40)42(39)45/h1-26H. The van der Waals surface area contributed by atoms with Gasteiger partial charge in [-0.2, -0.15) is 0 Å². The molecule has 10 rings (SSSR count). The lowest BCUT2D eigenvalue weighted by atomic mass is 9.98. The van der Waals surface area contributed by atoms with Crippen molar-refractivity contribution in [1.82, 2.24) is 9.55 Å². The van der Waals surface area contributed by atoms with E-state index < -0.39 is 0 Å². The lowest BCUT2D eigenvalue weighted by Gasteiger charge is -2.15. The first-order valence-electron chi connectivity index (χ1n) is 15.6. The molecule has 0 spiro atoms. The molecule has 3 heteroatoms. The molecule has 0 aliphatic carbocycles. The highest BCUT2D eigenvalue weighted by atomic mass is 32.1. The van der Waals surface area contributed by atoms with E-state index in [2.05, 4.69) is 162 Å². The Morgan fingerprint density at radius 2 is 1.00 bits per heavy atom. The zero-order valence-corrected chi connectivity index (χ0v) is 25.6. The molecule has 7 aromatic carbocycles. The molecular weight excluding hydrogens is 577 g/mol. The van der Waals surface area contributed by atoms with Crippen molar-refractivity contribution < 1.29 is 0 Å². The van der Waals surface area contributed by atoms with Crippen LogP contribution in [0.5, 0.6) is 0 Å². The monoisotopic (exact) mass is 602 g/mol. The number of rotatable bonds is 3. The van der Waals surface area contributed by atoms with Crippen molar-refractivity contribution in [3.05, 3.63) is 158 Å². The van der Waals surface area contributed by atoms with Crippen LogP contribution in [0, 0.1) is 0 Å². The van der Waals surface area contributed by atoms with Crippen LogP contribution in [0.2, 0.25) is 0 Å². The van der Waals surface area contributed by atoms with Gasteiger partial charge >= 0.3 is 0 Å². The van der Waals surface area contributed by atoms with Crippen LogP contribution in [0.1, 0.15) is 0 Å². The molecular formula is C43H26N2S. The molecule has 46 heavy (non-hydrogen) atoms. The fourth-order valence-electron chi connectivity index (χ4n) is 7.35. The van der Waals surface area contributed by atoms with Crippen LogP contribution < -0.4 is 0 Å². The van der Waals surface area contributed by atoms with Gasteiger partial charge < -0.3 is 4.57 Å². The topological polar surface area (TPSA) is 17.8 Å². The Morgan fingerprint density at radius 1 is 0.435 bits per heavy atom.